The minimum Gasteiger partial charge on any atom is -0.0649 e. The van der Waals surface area contributed by atoms with Crippen molar-refractivity contribution in [1.29, 1.82) is 0 Å². The Balaban J connectivity index is 4.35. The molecule has 0 aromatic heterocycles. The Morgan fingerprint density at radius 3 is 1.55 bits per heavy atom. The maximum atomic E-state index is 2.48. The second kappa shape index (κ2) is 9.11. The van der Waals surface area contributed by atoms with E-state index in [4.69, 9.17) is 0 Å². The fourth-order valence-corrected chi connectivity index (χ4v) is 3.79. The number of hydrogen-bond acceptors (Lipinski definition) is 0. The number of hydrogen-bond donors (Lipinski definition) is 0. The molecule has 4 unspecified atom stereocenters. The smallest absolute Gasteiger partial charge is 0.0305 e. The second-order valence-corrected chi connectivity index (χ2v) is 8.42. The maximum Gasteiger partial charge on any atom is -0.0305 e. The van der Waals surface area contributed by atoms with Gasteiger partial charge >= 0.3 is 0 Å². The molecular formula is C20H42. The summed E-state index contributed by atoms with van der Waals surface area (Å²) in [4.78, 5) is 0. The fourth-order valence-electron chi connectivity index (χ4n) is 3.79. The summed E-state index contributed by atoms with van der Waals surface area (Å²) in [6.07, 6.45) is 6.81. The highest BCUT2D eigenvalue weighted by Crippen LogP contribution is 2.40. The van der Waals surface area contributed by atoms with Crippen LogP contribution in [-0.2, 0) is 0 Å². The molecule has 0 aliphatic rings. The van der Waals surface area contributed by atoms with Crippen LogP contribution in [0.3, 0.4) is 0 Å². The molecule has 0 aliphatic heterocycles. The molecule has 0 aromatic carbocycles. The van der Waals surface area contributed by atoms with Crippen LogP contribution in [0, 0.1) is 35.0 Å². The Labute approximate surface area is 130 Å². The van der Waals surface area contributed by atoms with Gasteiger partial charge in [-0.05, 0) is 54.3 Å². The highest BCUT2D eigenvalue weighted by Gasteiger charge is 2.29. The zero-order valence-electron chi connectivity index (χ0n) is 15.9. The standard InChI is InChI=1S/C20H42/c1-10-20(9,11-2)19(8)14-18(7)17(6)13-16(5)12-15(3)4/h15-19H,10-14H2,1-9H3. The van der Waals surface area contributed by atoms with Gasteiger partial charge in [-0.1, -0.05) is 75.2 Å². The molecule has 0 heterocycles. The average molecular weight is 283 g/mol. The topological polar surface area (TPSA) is 0 Å². The molecule has 0 saturated carbocycles. The van der Waals surface area contributed by atoms with Crippen molar-refractivity contribution < 1.29 is 0 Å². The van der Waals surface area contributed by atoms with Crippen LogP contribution in [0.1, 0.15) is 94.4 Å². The van der Waals surface area contributed by atoms with E-state index in [9.17, 15) is 0 Å². The quantitative estimate of drug-likeness (QED) is 0.398. The first-order valence-electron chi connectivity index (χ1n) is 9.16. The Kier molecular flexibility index (Phi) is 9.11. The Morgan fingerprint density at radius 1 is 0.700 bits per heavy atom. The van der Waals surface area contributed by atoms with E-state index in [0.29, 0.717) is 5.41 Å². The summed E-state index contributed by atoms with van der Waals surface area (Å²) in [6, 6.07) is 0. The zero-order valence-corrected chi connectivity index (χ0v) is 15.9. The lowest BCUT2D eigenvalue weighted by atomic mass is 9.69. The monoisotopic (exact) mass is 282 g/mol. The van der Waals surface area contributed by atoms with Gasteiger partial charge in [0, 0.05) is 0 Å². The first-order chi connectivity index (χ1) is 9.16. The molecule has 0 nitrogen and oxygen atoms in total. The molecule has 0 aromatic rings. The van der Waals surface area contributed by atoms with E-state index < -0.39 is 0 Å². The summed E-state index contributed by atoms with van der Waals surface area (Å²) in [5, 5.41) is 0. The van der Waals surface area contributed by atoms with Crippen LogP contribution in [0.15, 0.2) is 0 Å². The predicted octanol–water partition coefficient (Wildman–Crippen LogP) is 7.18. The van der Waals surface area contributed by atoms with Crippen molar-refractivity contribution in [3.63, 3.8) is 0 Å². The van der Waals surface area contributed by atoms with E-state index in [-0.39, 0.29) is 0 Å². The van der Waals surface area contributed by atoms with E-state index in [0.717, 1.165) is 29.6 Å². The molecule has 0 spiro atoms. The molecule has 0 saturated heterocycles. The first-order valence-corrected chi connectivity index (χ1v) is 9.16. The van der Waals surface area contributed by atoms with E-state index in [1.54, 1.807) is 0 Å². The molecule has 0 aliphatic carbocycles. The molecule has 20 heavy (non-hydrogen) atoms. The van der Waals surface area contributed by atoms with Crippen LogP contribution in [0.4, 0.5) is 0 Å². The fraction of sp³-hybridized carbons (Fsp3) is 1.00. The predicted molar refractivity (Wildman–Crippen MR) is 94.0 cm³/mol. The van der Waals surface area contributed by atoms with Gasteiger partial charge in [0.2, 0.25) is 0 Å². The third kappa shape index (κ3) is 6.64. The number of rotatable bonds is 10. The van der Waals surface area contributed by atoms with E-state index in [2.05, 4.69) is 62.3 Å². The molecule has 0 rings (SSSR count). The lowest BCUT2D eigenvalue weighted by molar-refractivity contribution is 0.136. The van der Waals surface area contributed by atoms with Gasteiger partial charge in [0.1, 0.15) is 0 Å². The summed E-state index contributed by atoms with van der Waals surface area (Å²) >= 11 is 0. The third-order valence-corrected chi connectivity index (χ3v) is 6.15. The Morgan fingerprint density at radius 2 is 1.15 bits per heavy atom. The van der Waals surface area contributed by atoms with Crippen molar-refractivity contribution in [2.75, 3.05) is 0 Å². The second-order valence-electron chi connectivity index (χ2n) is 8.42. The molecule has 0 bridgehead atoms. The van der Waals surface area contributed by atoms with Gasteiger partial charge in [-0.15, -0.1) is 0 Å². The highest BCUT2D eigenvalue weighted by atomic mass is 14.3. The summed E-state index contributed by atoms with van der Waals surface area (Å²) in [5.41, 5.74) is 0.539. The van der Waals surface area contributed by atoms with Crippen LogP contribution in [0.25, 0.3) is 0 Å². The first kappa shape index (κ1) is 20.0. The lowest BCUT2D eigenvalue weighted by Crippen LogP contribution is -2.27. The van der Waals surface area contributed by atoms with Crippen LogP contribution >= 0.6 is 0 Å². The van der Waals surface area contributed by atoms with Crippen molar-refractivity contribution in [1.82, 2.24) is 0 Å². The van der Waals surface area contributed by atoms with Crippen LogP contribution in [-0.4, -0.2) is 0 Å². The summed E-state index contributed by atoms with van der Waals surface area (Å²) in [7, 11) is 0. The summed E-state index contributed by atoms with van der Waals surface area (Å²) < 4.78 is 0. The lowest BCUT2D eigenvalue weighted by Gasteiger charge is -2.37. The third-order valence-electron chi connectivity index (χ3n) is 6.15. The minimum atomic E-state index is 0.539. The molecule has 122 valence electrons. The van der Waals surface area contributed by atoms with E-state index in [1.165, 1.54) is 32.1 Å². The SMILES string of the molecule is CCC(C)(CC)C(C)CC(C)C(C)CC(C)CC(C)C. The van der Waals surface area contributed by atoms with Gasteiger partial charge < -0.3 is 0 Å². The van der Waals surface area contributed by atoms with Gasteiger partial charge in [0.05, 0.1) is 0 Å². The maximum absolute atomic E-state index is 2.48. The van der Waals surface area contributed by atoms with Gasteiger partial charge in [0.15, 0.2) is 0 Å². The molecule has 4 atom stereocenters. The summed E-state index contributed by atoms with van der Waals surface area (Å²) in [6.45, 7) is 21.8. The largest absolute Gasteiger partial charge is 0.0649 e. The average Bonchev–Trinajstić information content (AvgIpc) is 2.36. The van der Waals surface area contributed by atoms with Gasteiger partial charge in [0.25, 0.3) is 0 Å². The van der Waals surface area contributed by atoms with Crippen molar-refractivity contribution >= 4 is 0 Å². The molecule has 0 fully saturated rings. The van der Waals surface area contributed by atoms with Crippen LogP contribution < -0.4 is 0 Å². The van der Waals surface area contributed by atoms with Gasteiger partial charge in [-0.3, -0.25) is 0 Å². The minimum absolute atomic E-state index is 0.539. The van der Waals surface area contributed by atoms with Crippen molar-refractivity contribution in [2.24, 2.45) is 35.0 Å². The van der Waals surface area contributed by atoms with E-state index in [1.807, 2.05) is 0 Å². The van der Waals surface area contributed by atoms with E-state index >= 15 is 0 Å². The van der Waals surface area contributed by atoms with Gasteiger partial charge in [-0.25, -0.2) is 0 Å². The molecular weight excluding hydrogens is 240 g/mol. The molecule has 0 radical (unpaired) electrons. The van der Waals surface area contributed by atoms with Crippen LogP contribution in [0.5, 0.6) is 0 Å². The summed E-state index contributed by atoms with van der Waals surface area (Å²) in [5.74, 6) is 4.29. The van der Waals surface area contributed by atoms with Crippen LogP contribution in [0.2, 0.25) is 0 Å². The van der Waals surface area contributed by atoms with Crippen molar-refractivity contribution in [3.05, 3.63) is 0 Å². The molecule has 0 amide bonds. The highest BCUT2D eigenvalue weighted by molar-refractivity contribution is 4.80. The van der Waals surface area contributed by atoms with Crippen molar-refractivity contribution in [2.45, 2.75) is 94.4 Å². The molecule has 0 N–H and O–H groups in total. The zero-order chi connectivity index (χ0) is 15.9. The van der Waals surface area contributed by atoms with Crippen molar-refractivity contribution in [3.8, 4) is 0 Å². The van der Waals surface area contributed by atoms with Gasteiger partial charge in [-0.2, -0.15) is 0 Å². The normalized spacial score (nSPS) is 18.9. The Bertz CT molecular complexity index is 236. The Hall–Kier alpha value is 0. The molecule has 0 heteroatoms.